The van der Waals surface area contributed by atoms with Gasteiger partial charge in [0.1, 0.15) is 5.82 Å². The first-order chi connectivity index (χ1) is 17.0. The number of unbranched alkanes of at least 4 members (excludes halogenated alkanes) is 1. The molecule has 1 aromatic heterocycles. The molecule has 0 spiro atoms. The van der Waals surface area contributed by atoms with Gasteiger partial charge in [0.15, 0.2) is 5.69 Å². The molecule has 198 valence electrons. The lowest BCUT2D eigenvalue weighted by Gasteiger charge is -2.28. The Balaban J connectivity index is 2.12. The summed E-state index contributed by atoms with van der Waals surface area (Å²) in [7, 11) is -3.82. The number of nitrogens with zero attached hydrogens (tertiary/aromatic N) is 3. The molecule has 1 fully saturated rings. The minimum Gasteiger partial charge on any atom is -0.383 e. The molecular formula is C24H34ClN5O5S. The van der Waals surface area contributed by atoms with Crippen molar-refractivity contribution in [3.63, 3.8) is 0 Å². The van der Waals surface area contributed by atoms with Gasteiger partial charge in [-0.25, -0.2) is 13.2 Å². The molecule has 12 heteroatoms. The van der Waals surface area contributed by atoms with Crippen LogP contribution in [-0.2, 0) is 16.6 Å². The van der Waals surface area contributed by atoms with Gasteiger partial charge in [-0.15, -0.1) is 0 Å². The number of rotatable bonds is 9. The summed E-state index contributed by atoms with van der Waals surface area (Å²) in [5.74, 6) is -0.885. The second-order valence-electron chi connectivity index (χ2n) is 9.41. The Bertz CT molecular complexity index is 1330. The van der Waals surface area contributed by atoms with E-state index in [4.69, 9.17) is 17.3 Å². The van der Waals surface area contributed by atoms with Gasteiger partial charge in [-0.1, -0.05) is 45.2 Å². The van der Waals surface area contributed by atoms with Crippen LogP contribution in [0.25, 0.3) is 0 Å². The largest absolute Gasteiger partial charge is 0.383 e. The third-order valence-corrected chi connectivity index (χ3v) is 8.36. The molecule has 0 atom stereocenters. The molecule has 1 amide bonds. The maximum atomic E-state index is 13.8. The van der Waals surface area contributed by atoms with Crippen LogP contribution in [0.2, 0.25) is 5.02 Å². The molecule has 3 rings (SSSR count). The van der Waals surface area contributed by atoms with Crippen LogP contribution in [0.3, 0.4) is 0 Å². The molecule has 1 saturated heterocycles. The topological polar surface area (TPSA) is 139 Å². The van der Waals surface area contributed by atoms with Crippen LogP contribution in [0.1, 0.15) is 63.2 Å². The van der Waals surface area contributed by atoms with Crippen molar-refractivity contribution >= 4 is 39.0 Å². The minimum absolute atomic E-state index is 0.0423. The number of hydrogen-bond acceptors (Lipinski definition) is 6. The van der Waals surface area contributed by atoms with Crippen LogP contribution >= 0.6 is 11.6 Å². The van der Waals surface area contributed by atoms with Crippen molar-refractivity contribution in [3.05, 3.63) is 49.6 Å². The van der Waals surface area contributed by atoms with Gasteiger partial charge in [0, 0.05) is 26.2 Å². The predicted octanol–water partition coefficient (Wildman–Crippen LogP) is 3.05. The number of nitrogen functional groups attached to an aromatic ring is 1. The number of piperidine rings is 1. The van der Waals surface area contributed by atoms with Crippen molar-refractivity contribution in [1.29, 1.82) is 0 Å². The number of carbonyl (C=O) groups excluding carboxylic acids is 1. The highest BCUT2D eigenvalue weighted by atomic mass is 35.5. The van der Waals surface area contributed by atoms with Crippen molar-refractivity contribution < 1.29 is 13.2 Å². The molecule has 1 aliphatic heterocycles. The second kappa shape index (κ2) is 11.6. The normalized spacial score (nSPS) is 14.8. The number of H-pyrrole nitrogens is 1. The number of carbonyl (C=O) groups is 1. The van der Waals surface area contributed by atoms with E-state index in [1.807, 2.05) is 20.8 Å². The number of benzene rings is 1. The summed E-state index contributed by atoms with van der Waals surface area (Å²) >= 11 is 6.37. The van der Waals surface area contributed by atoms with Gasteiger partial charge in [0.05, 0.1) is 15.5 Å². The summed E-state index contributed by atoms with van der Waals surface area (Å²) < 4.78 is 29.1. The summed E-state index contributed by atoms with van der Waals surface area (Å²) in [5.41, 5.74) is 4.58. The van der Waals surface area contributed by atoms with Crippen molar-refractivity contribution in [2.45, 2.75) is 64.3 Å². The fourth-order valence-electron chi connectivity index (χ4n) is 4.25. The molecule has 0 aliphatic carbocycles. The molecular weight excluding hydrogens is 506 g/mol. The first kappa shape index (κ1) is 27.9. The van der Waals surface area contributed by atoms with E-state index in [9.17, 15) is 22.8 Å². The lowest BCUT2D eigenvalue weighted by Crippen LogP contribution is -2.43. The summed E-state index contributed by atoms with van der Waals surface area (Å²) in [6, 6.07) is 4.00. The summed E-state index contributed by atoms with van der Waals surface area (Å²) in [5, 5.41) is 0.0423. The van der Waals surface area contributed by atoms with Crippen LogP contribution in [0.4, 0.5) is 11.5 Å². The third-order valence-electron chi connectivity index (χ3n) is 6.13. The van der Waals surface area contributed by atoms with Gasteiger partial charge in [-0.3, -0.25) is 19.1 Å². The fourth-order valence-corrected chi connectivity index (χ4v) is 5.99. The average molecular weight is 540 g/mol. The number of nitrogens with one attached hydrogen (secondary N) is 1. The zero-order valence-electron chi connectivity index (χ0n) is 20.9. The van der Waals surface area contributed by atoms with E-state index in [2.05, 4.69) is 4.98 Å². The Morgan fingerprint density at radius 1 is 1.19 bits per heavy atom. The number of halogens is 1. The Morgan fingerprint density at radius 2 is 1.86 bits per heavy atom. The van der Waals surface area contributed by atoms with Crippen LogP contribution in [0.5, 0.6) is 0 Å². The Labute approximate surface area is 216 Å². The lowest BCUT2D eigenvalue weighted by atomic mass is 10.1. The van der Waals surface area contributed by atoms with Crippen LogP contribution in [0, 0.1) is 5.92 Å². The zero-order valence-corrected chi connectivity index (χ0v) is 22.5. The molecule has 0 bridgehead atoms. The van der Waals surface area contributed by atoms with E-state index in [0.717, 1.165) is 25.7 Å². The van der Waals surface area contributed by atoms with E-state index in [0.29, 0.717) is 19.5 Å². The SMILES string of the molecule is CCCCn1c(N)c(N(CC(C)C)C(=O)c2cc(S(=O)(=O)N3CCCCC3)ccc2Cl)c(=O)[nH]c1=O. The molecule has 0 saturated carbocycles. The fraction of sp³-hybridized carbons (Fsp3) is 0.542. The first-order valence-corrected chi connectivity index (χ1v) is 14.0. The van der Waals surface area contributed by atoms with E-state index in [1.165, 1.54) is 32.0 Å². The van der Waals surface area contributed by atoms with Crippen LogP contribution < -0.4 is 21.9 Å². The highest BCUT2D eigenvalue weighted by molar-refractivity contribution is 7.89. The van der Waals surface area contributed by atoms with Gasteiger partial charge < -0.3 is 10.6 Å². The van der Waals surface area contributed by atoms with Gasteiger partial charge >= 0.3 is 5.69 Å². The number of aromatic amines is 1. The smallest absolute Gasteiger partial charge is 0.330 e. The summed E-state index contributed by atoms with van der Waals surface area (Å²) in [4.78, 5) is 42.5. The Hall–Kier alpha value is -2.63. The molecule has 3 N–H and O–H groups in total. The molecule has 2 heterocycles. The van der Waals surface area contributed by atoms with Crippen molar-refractivity contribution in [1.82, 2.24) is 13.9 Å². The highest BCUT2D eigenvalue weighted by Gasteiger charge is 2.30. The molecule has 0 unspecified atom stereocenters. The first-order valence-electron chi connectivity index (χ1n) is 12.2. The Kier molecular flexibility index (Phi) is 9.02. The van der Waals surface area contributed by atoms with Crippen molar-refractivity contribution in [3.8, 4) is 0 Å². The molecule has 1 aromatic carbocycles. The van der Waals surface area contributed by atoms with Gasteiger partial charge in [0.25, 0.3) is 11.5 Å². The van der Waals surface area contributed by atoms with E-state index < -0.39 is 27.2 Å². The standard InChI is InChI=1S/C24H34ClN5O5S/c1-4-5-13-29-21(26)20(22(31)27-24(29)33)30(15-16(2)3)23(32)18-14-17(9-10-19(18)25)36(34,35)28-11-7-6-8-12-28/h9-10,14,16H,4-8,11-13,15,26H2,1-3H3,(H,27,31,33). The lowest BCUT2D eigenvalue weighted by molar-refractivity contribution is 0.0983. The van der Waals surface area contributed by atoms with Crippen molar-refractivity contribution in [2.24, 2.45) is 5.92 Å². The maximum absolute atomic E-state index is 13.8. The van der Waals surface area contributed by atoms with Gasteiger partial charge in [-0.05, 0) is 43.4 Å². The number of sulfonamides is 1. The minimum atomic E-state index is -3.82. The number of amides is 1. The second-order valence-corrected chi connectivity index (χ2v) is 11.8. The summed E-state index contributed by atoms with van der Waals surface area (Å²) in [6.45, 7) is 6.87. The third kappa shape index (κ3) is 5.84. The zero-order chi connectivity index (χ0) is 26.6. The molecule has 2 aromatic rings. The number of anilines is 2. The van der Waals surface area contributed by atoms with Crippen molar-refractivity contribution in [2.75, 3.05) is 30.3 Å². The molecule has 36 heavy (non-hydrogen) atoms. The van der Waals surface area contributed by atoms with Gasteiger partial charge in [-0.2, -0.15) is 4.31 Å². The highest BCUT2D eigenvalue weighted by Crippen LogP contribution is 2.28. The Morgan fingerprint density at radius 3 is 2.47 bits per heavy atom. The predicted molar refractivity (Wildman–Crippen MR) is 141 cm³/mol. The number of aromatic nitrogens is 2. The molecule has 10 nitrogen and oxygen atoms in total. The monoisotopic (exact) mass is 539 g/mol. The summed E-state index contributed by atoms with van der Waals surface area (Å²) in [6.07, 6.45) is 3.96. The van der Waals surface area contributed by atoms with Crippen LogP contribution in [0.15, 0.2) is 32.7 Å². The maximum Gasteiger partial charge on any atom is 0.330 e. The number of hydrogen-bond donors (Lipinski definition) is 2. The molecule has 1 aliphatic rings. The molecule has 0 radical (unpaired) electrons. The van der Waals surface area contributed by atoms with Gasteiger partial charge in [0.2, 0.25) is 10.0 Å². The van der Waals surface area contributed by atoms with Crippen LogP contribution in [-0.4, -0.2) is 47.8 Å². The number of nitrogens with two attached hydrogens (primary N) is 1. The average Bonchev–Trinajstić information content (AvgIpc) is 2.83. The quantitative estimate of drug-likeness (QED) is 0.502. The van der Waals surface area contributed by atoms with E-state index in [1.54, 1.807) is 0 Å². The van der Waals surface area contributed by atoms with E-state index in [-0.39, 0.29) is 46.0 Å². The van der Waals surface area contributed by atoms with E-state index >= 15 is 0 Å².